The molecule has 9 nitrogen and oxygen atoms in total. The number of nitrogens with zero attached hydrogens (tertiary/aromatic N) is 2. The molecule has 6 unspecified atom stereocenters. The SMILES string of the molecule is CC(C)(C)C(NC(=O)C1(C(F)(F)F)CCC1)C(=O)N1CC2C(C1C=O)C2(C)C.CNC(C#N)CC1CCCNC1=O. The standard InChI is InChI=1S/C20H29F3N2O3.C9H15N3O/c1-17(2,3)14(24-16(28)19(7-6-8-19)20(21,22)23)15(27)25-9-11-13(12(25)10-26)18(11,4)5;1-11-8(6-10)5-7-3-2-4-12-9(7)13/h10-14H,6-9H2,1-5H3,(H,24,28);7-8,11H,2-5H2,1H3,(H,12,13). The summed E-state index contributed by atoms with van der Waals surface area (Å²) in [5, 5.41) is 16.8. The Morgan fingerprint density at radius 1 is 1.22 bits per heavy atom. The van der Waals surface area contributed by atoms with Crippen molar-refractivity contribution in [1.29, 1.82) is 5.26 Å². The fourth-order valence-corrected chi connectivity index (χ4v) is 6.57. The minimum Gasteiger partial charge on any atom is -0.356 e. The Balaban J connectivity index is 0.000000298. The summed E-state index contributed by atoms with van der Waals surface area (Å²) in [7, 11) is 1.74. The van der Waals surface area contributed by atoms with Crippen molar-refractivity contribution in [2.24, 2.45) is 34.0 Å². The molecule has 0 radical (unpaired) electrons. The first-order valence-corrected chi connectivity index (χ1v) is 14.4. The molecule has 0 aromatic carbocycles. The fourth-order valence-electron chi connectivity index (χ4n) is 6.57. The second-order valence-corrected chi connectivity index (χ2v) is 13.6. The minimum atomic E-state index is -4.65. The van der Waals surface area contributed by atoms with Gasteiger partial charge in [-0.25, -0.2) is 0 Å². The number of piperidine rings is 2. The van der Waals surface area contributed by atoms with Gasteiger partial charge in [0.2, 0.25) is 17.7 Å². The number of hydrogen-bond donors (Lipinski definition) is 3. The van der Waals surface area contributed by atoms with Crippen molar-refractivity contribution in [3.8, 4) is 6.07 Å². The molecule has 0 aromatic rings. The Labute approximate surface area is 240 Å². The summed E-state index contributed by atoms with van der Waals surface area (Å²) >= 11 is 0. The molecule has 4 fully saturated rings. The lowest BCUT2D eigenvalue weighted by molar-refractivity contribution is -0.243. The molecule has 12 heteroatoms. The van der Waals surface area contributed by atoms with Crippen LogP contribution in [0.1, 0.15) is 73.1 Å². The van der Waals surface area contributed by atoms with Crippen molar-refractivity contribution in [3.63, 3.8) is 0 Å². The summed E-state index contributed by atoms with van der Waals surface area (Å²) in [5.74, 6) is -1.22. The third kappa shape index (κ3) is 6.40. The Morgan fingerprint density at radius 3 is 2.29 bits per heavy atom. The first kappa shape index (κ1) is 32.8. The van der Waals surface area contributed by atoms with Crippen LogP contribution in [0.25, 0.3) is 0 Å². The number of fused-ring (bicyclic) bond motifs is 1. The largest absolute Gasteiger partial charge is 0.403 e. The van der Waals surface area contributed by atoms with Crippen molar-refractivity contribution in [1.82, 2.24) is 20.9 Å². The van der Waals surface area contributed by atoms with Crippen LogP contribution in [0.2, 0.25) is 0 Å². The molecule has 2 heterocycles. The van der Waals surface area contributed by atoms with E-state index in [1.165, 1.54) is 4.90 Å². The Morgan fingerprint density at radius 2 is 1.85 bits per heavy atom. The number of carbonyl (C=O) groups is 4. The smallest absolute Gasteiger partial charge is 0.356 e. The monoisotopic (exact) mass is 583 g/mol. The van der Waals surface area contributed by atoms with Gasteiger partial charge in [0.25, 0.3) is 0 Å². The summed E-state index contributed by atoms with van der Waals surface area (Å²) in [6, 6.07) is 0.218. The number of aldehydes is 1. The maximum Gasteiger partial charge on any atom is 0.403 e. The molecule has 0 aromatic heterocycles. The number of nitrogens with one attached hydrogen (secondary N) is 3. The van der Waals surface area contributed by atoms with E-state index >= 15 is 0 Å². The highest BCUT2D eigenvalue weighted by atomic mass is 19.4. The van der Waals surface area contributed by atoms with Crippen molar-refractivity contribution < 1.29 is 32.3 Å². The van der Waals surface area contributed by atoms with Crippen molar-refractivity contribution in [2.75, 3.05) is 20.1 Å². The highest BCUT2D eigenvalue weighted by molar-refractivity contribution is 5.93. The molecule has 2 aliphatic heterocycles. The number of nitriles is 1. The van der Waals surface area contributed by atoms with E-state index in [-0.39, 0.29) is 48.0 Å². The van der Waals surface area contributed by atoms with Crippen LogP contribution in [-0.2, 0) is 19.2 Å². The summed E-state index contributed by atoms with van der Waals surface area (Å²) in [6.45, 7) is 10.4. The zero-order chi connectivity index (χ0) is 31.0. The third-order valence-corrected chi connectivity index (χ3v) is 9.68. The van der Waals surface area contributed by atoms with Crippen LogP contribution in [0, 0.1) is 45.3 Å². The molecule has 4 rings (SSSR count). The molecular formula is C29H44F3N5O4. The third-order valence-electron chi connectivity index (χ3n) is 9.68. The number of halogens is 3. The molecule has 2 aliphatic carbocycles. The molecule has 2 saturated carbocycles. The number of carbonyl (C=O) groups excluding carboxylic acids is 4. The zero-order valence-electron chi connectivity index (χ0n) is 24.9. The van der Waals surface area contributed by atoms with Gasteiger partial charge in [-0.3, -0.25) is 14.4 Å². The van der Waals surface area contributed by atoms with Gasteiger partial charge in [-0.2, -0.15) is 18.4 Å². The Bertz CT molecular complexity index is 1060. The van der Waals surface area contributed by atoms with Crippen LogP contribution in [-0.4, -0.2) is 73.3 Å². The van der Waals surface area contributed by atoms with E-state index in [9.17, 15) is 32.3 Å². The van der Waals surface area contributed by atoms with E-state index in [0.29, 0.717) is 19.4 Å². The number of likely N-dealkylation sites (tertiary alicyclic amines) is 1. The van der Waals surface area contributed by atoms with Gasteiger partial charge < -0.3 is 25.6 Å². The van der Waals surface area contributed by atoms with E-state index in [1.54, 1.807) is 27.8 Å². The lowest BCUT2D eigenvalue weighted by atomic mass is 9.67. The molecule has 0 bridgehead atoms. The van der Waals surface area contributed by atoms with E-state index in [0.717, 1.165) is 25.7 Å². The Hall–Kier alpha value is -2.68. The predicted octanol–water partition coefficient (Wildman–Crippen LogP) is 2.95. The van der Waals surface area contributed by atoms with E-state index in [4.69, 9.17) is 5.26 Å². The summed E-state index contributed by atoms with van der Waals surface area (Å²) in [6.07, 6.45) is -1.52. The molecule has 230 valence electrons. The van der Waals surface area contributed by atoms with Gasteiger partial charge in [0.05, 0.1) is 18.2 Å². The van der Waals surface area contributed by atoms with E-state index in [2.05, 4.69) is 22.0 Å². The van der Waals surface area contributed by atoms with Gasteiger partial charge in [0.15, 0.2) is 0 Å². The van der Waals surface area contributed by atoms with Gasteiger partial charge in [-0.1, -0.05) is 41.0 Å². The maximum atomic E-state index is 13.5. The quantitative estimate of drug-likeness (QED) is 0.395. The number of alkyl halides is 3. The number of amides is 3. The molecule has 3 amide bonds. The van der Waals surface area contributed by atoms with Crippen molar-refractivity contribution in [3.05, 3.63) is 0 Å². The van der Waals surface area contributed by atoms with Gasteiger partial charge in [0, 0.05) is 19.0 Å². The van der Waals surface area contributed by atoms with Gasteiger partial charge in [-0.15, -0.1) is 0 Å². The average molecular weight is 584 g/mol. The Kier molecular flexibility index (Phi) is 9.53. The summed E-state index contributed by atoms with van der Waals surface area (Å²) in [4.78, 5) is 50.3. The van der Waals surface area contributed by atoms with Gasteiger partial charge in [0.1, 0.15) is 17.7 Å². The minimum absolute atomic E-state index is 0.0187. The summed E-state index contributed by atoms with van der Waals surface area (Å²) in [5.41, 5.74) is -3.22. The highest BCUT2D eigenvalue weighted by Crippen LogP contribution is 2.64. The molecule has 2 saturated heterocycles. The second-order valence-electron chi connectivity index (χ2n) is 13.6. The van der Waals surface area contributed by atoms with Crippen molar-refractivity contribution in [2.45, 2.75) is 97.4 Å². The fraction of sp³-hybridized carbons (Fsp3) is 0.828. The topological polar surface area (TPSA) is 131 Å². The molecule has 3 N–H and O–H groups in total. The molecule has 41 heavy (non-hydrogen) atoms. The van der Waals surface area contributed by atoms with Crippen LogP contribution in [0.15, 0.2) is 0 Å². The van der Waals surface area contributed by atoms with Gasteiger partial charge in [-0.05, 0) is 61.8 Å². The van der Waals surface area contributed by atoms with Crippen LogP contribution in [0.4, 0.5) is 13.2 Å². The predicted molar refractivity (Wildman–Crippen MR) is 145 cm³/mol. The first-order chi connectivity index (χ1) is 19.0. The molecule has 4 aliphatic rings. The summed E-state index contributed by atoms with van der Waals surface area (Å²) < 4.78 is 40.5. The molecular weight excluding hydrogens is 539 g/mol. The maximum absolute atomic E-state index is 13.5. The first-order valence-electron chi connectivity index (χ1n) is 14.4. The lowest BCUT2D eigenvalue weighted by Crippen LogP contribution is -2.62. The average Bonchev–Trinajstić information content (AvgIpc) is 3.18. The highest BCUT2D eigenvalue weighted by Gasteiger charge is 2.68. The van der Waals surface area contributed by atoms with Crippen LogP contribution in [0.5, 0.6) is 0 Å². The zero-order valence-corrected chi connectivity index (χ0v) is 24.9. The molecule has 0 spiro atoms. The van der Waals surface area contributed by atoms with E-state index < -0.39 is 40.9 Å². The van der Waals surface area contributed by atoms with E-state index in [1.807, 2.05) is 13.8 Å². The number of hydrogen-bond acceptors (Lipinski definition) is 6. The second kappa shape index (κ2) is 11.9. The van der Waals surface area contributed by atoms with Crippen LogP contribution >= 0.6 is 0 Å². The van der Waals surface area contributed by atoms with Crippen LogP contribution in [0.3, 0.4) is 0 Å². The number of rotatable bonds is 7. The lowest BCUT2D eigenvalue weighted by Gasteiger charge is -2.44. The normalized spacial score (nSPS) is 29.3. The molecule has 6 atom stereocenters. The van der Waals surface area contributed by atoms with Crippen LogP contribution < -0.4 is 16.0 Å². The van der Waals surface area contributed by atoms with Gasteiger partial charge >= 0.3 is 6.18 Å². The van der Waals surface area contributed by atoms with Crippen molar-refractivity contribution >= 4 is 24.0 Å².